The third-order valence-corrected chi connectivity index (χ3v) is 7.24. The largest absolute Gasteiger partial charge is 0.444 e. The summed E-state index contributed by atoms with van der Waals surface area (Å²) >= 11 is 1.43. The van der Waals surface area contributed by atoms with Crippen molar-refractivity contribution in [3.05, 3.63) is 11.1 Å². The number of likely N-dealkylation sites (tertiary alicyclic amines) is 1. The molecular formula is C22H32N4O4S. The van der Waals surface area contributed by atoms with Gasteiger partial charge in [0.15, 0.2) is 5.13 Å². The first-order valence-electron chi connectivity index (χ1n) is 11.2. The third-order valence-electron chi connectivity index (χ3n) is 6.33. The number of aromatic nitrogens is 1. The number of nitrogens with zero attached hydrogens (tertiary/aromatic N) is 3. The van der Waals surface area contributed by atoms with Crippen molar-refractivity contribution < 1.29 is 19.1 Å². The van der Waals surface area contributed by atoms with Crippen LogP contribution in [0.15, 0.2) is 5.38 Å². The van der Waals surface area contributed by atoms with Gasteiger partial charge in [0.2, 0.25) is 11.8 Å². The Hall–Kier alpha value is -2.16. The number of alkyl carbamates (subject to hydrolysis) is 1. The van der Waals surface area contributed by atoms with Crippen molar-refractivity contribution >= 4 is 34.4 Å². The molecule has 0 aromatic carbocycles. The molecule has 170 valence electrons. The quantitative estimate of drug-likeness (QED) is 0.765. The summed E-state index contributed by atoms with van der Waals surface area (Å²) in [5.74, 6) is 0.846. The minimum Gasteiger partial charge on any atom is -0.444 e. The van der Waals surface area contributed by atoms with Crippen molar-refractivity contribution in [2.75, 3.05) is 24.5 Å². The Morgan fingerprint density at radius 3 is 2.77 bits per heavy atom. The number of carbonyl (C=O) groups is 3. The van der Waals surface area contributed by atoms with Crippen LogP contribution >= 0.6 is 11.3 Å². The lowest BCUT2D eigenvalue weighted by Crippen LogP contribution is -2.47. The van der Waals surface area contributed by atoms with Crippen molar-refractivity contribution in [1.82, 2.24) is 15.2 Å². The van der Waals surface area contributed by atoms with E-state index in [-0.39, 0.29) is 36.3 Å². The molecule has 2 saturated heterocycles. The number of hydrogen-bond acceptors (Lipinski definition) is 6. The Morgan fingerprint density at radius 1 is 1.26 bits per heavy atom. The predicted octanol–water partition coefficient (Wildman–Crippen LogP) is 2.96. The maximum atomic E-state index is 13.0. The van der Waals surface area contributed by atoms with Gasteiger partial charge in [-0.05, 0) is 46.0 Å². The van der Waals surface area contributed by atoms with Gasteiger partial charge in [-0.25, -0.2) is 9.78 Å². The molecule has 1 saturated carbocycles. The number of anilines is 1. The molecule has 3 fully saturated rings. The summed E-state index contributed by atoms with van der Waals surface area (Å²) in [6.07, 6.45) is 4.35. The van der Waals surface area contributed by atoms with Crippen LogP contribution in [0.2, 0.25) is 0 Å². The fraction of sp³-hybridized carbons (Fsp3) is 0.727. The molecule has 1 aliphatic carbocycles. The molecular weight excluding hydrogens is 416 g/mol. The van der Waals surface area contributed by atoms with Crippen LogP contribution in [0, 0.1) is 11.8 Å². The summed E-state index contributed by atoms with van der Waals surface area (Å²) < 4.78 is 5.43. The lowest BCUT2D eigenvalue weighted by Gasteiger charge is -2.33. The molecule has 3 aliphatic rings. The molecule has 2 aliphatic heterocycles. The zero-order chi connectivity index (χ0) is 22.2. The number of ether oxygens (including phenoxy) is 1. The van der Waals surface area contributed by atoms with Gasteiger partial charge >= 0.3 is 6.09 Å². The molecule has 1 aromatic heterocycles. The minimum absolute atomic E-state index is 0.0402. The highest BCUT2D eigenvalue weighted by Gasteiger charge is 2.42. The molecule has 1 N–H and O–H groups in total. The van der Waals surface area contributed by atoms with Gasteiger partial charge in [-0.15, -0.1) is 11.3 Å². The van der Waals surface area contributed by atoms with E-state index in [9.17, 15) is 14.4 Å². The molecule has 3 heterocycles. The zero-order valence-corrected chi connectivity index (χ0v) is 19.4. The maximum Gasteiger partial charge on any atom is 0.407 e. The highest BCUT2D eigenvalue weighted by molar-refractivity contribution is 7.14. The number of hydrogen-bond donors (Lipinski definition) is 1. The normalized spacial score (nSPS) is 26.2. The van der Waals surface area contributed by atoms with Gasteiger partial charge in [-0.2, -0.15) is 0 Å². The van der Waals surface area contributed by atoms with Gasteiger partial charge in [0.05, 0.1) is 12.1 Å². The van der Waals surface area contributed by atoms with Crippen LogP contribution in [0.3, 0.4) is 0 Å². The van der Waals surface area contributed by atoms with Crippen LogP contribution < -0.4 is 10.2 Å². The van der Waals surface area contributed by atoms with E-state index in [4.69, 9.17) is 4.74 Å². The summed E-state index contributed by atoms with van der Waals surface area (Å²) in [7, 11) is 0. The number of rotatable bonds is 4. The summed E-state index contributed by atoms with van der Waals surface area (Å²) in [5.41, 5.74) is 0.199. The first-order chi connectivity index (χ1) is 14.7. The molecule has 8 nitrogen and oxygen atoms in total. The number of amides is 3. The lowest BCUT2D eigenvalue weighted by molar-refractivity contribution is -0.129. The van der Waals surface area contributed by atoms with Crippen molar-refractivity contribution in [2.24, 2.45) is 11.8 Å². The molecule has 0 bridgehead atoms. The van der Waals surface area contributed by atoms with Gasteiger partial charge < -0.3 is 15.0 Å². The van der Waals surface area contributed by atoms with Crippen LogP contribution in [-0.2, 0) is 20.7 Å². The van der Waals surface area contributed by atoms with E-state index in [0.29, 0.717) is 30.6 Å². The molecule has 0 spiro atoms. The maximum absolute atomic E-state index is 13.0. The molecule has 3 amide bonds. The van der Waals surface area contributed by atoms with Crippen LogP contribution in [-0.4, -0.2) is 59.1 Å². The highest BCUT2D eigenvalue weighted by Crippen LogP contribution is 2.37. The average Bonchev–Trinajstić information content (AvgIpc) is 3.39. The third kappa shape index (κ3) is 5.19. The van der Waals surface area contributed by atoms with Crippen molar-refractivity contribution in [2.45, 2.75) is 70.9 Å². The fourth-order valence-electron chi connectivity index (χ4n) is 4.93. The molecule has 4 rings (SSSR count). The van der Waals surface area contributed by atoms with Crippen molar-refractivity contribution in [3.63, 3.8) is 0 Å². The second-order valence-corrected chi connectivity index (χ2v) is 10.7. The molecule has 0 unspecified atom stereocenters. The Balaban J connectivity index is 1.34. The zero-order valence-electron chi connectivity index (χ0n) is 18.6. The molecule has 31 heavy (non-hydrogen) atoms. The number of nitrogens with one attached hydrogen (secondary N) is 1. The van der Waals surface area contributed by atoms with Gasteiger partial charge in [0, 0.05) is 43.4 Å². The lowest BCUT2D eigenvalue weighted by atomic mass is 9.78. The van der Waals surface area contributed by atoms with Crippen molar-refractivity contribution in [3.8, 4) is 0 Å². The fourth-order valence-corrected chi connectivity index (χ4v) is 5.80. The van der Waals surface area contributed by atoms with Crippen LogP contribution in [0.5, 0.6) is 0 Å². The average molecular weight is 449 g/mol. The van der Waals surface area contributed by atoms with Gasteiger partial charge in [0.25, 0.3) is 0 Å². The van der Waals surface area contributed by atoms with Gasteiger partial charge in [-0.3, -0.25) is 14.5 Å². The molecule has 3 atom stereocenters. The van der Waals surface area contributed by atoms with E-state index in [1.54, 1.807) is 4.90 Å². The highest BCUT2D eigenvalue weighted by atomic mass is 32.1. The van der Waals surface area contributed by atoms with Crippen molar-refractivity contribution in [1.29, 1.82) is 0 Å². The number of carbonyl (C=O) groups excluding carboxylic acids is 3. The van der Waals surface area contributed by atoms with E-state index in [1.807, 2.05) is 31.1 Å². The second kappa shape index (κ2) is 8.76. The molecule has 0 radical (unpaired) electrons. The van der Waals surface area contributed by atoms with E-state index in [1.165, 1.54) is 11.3 Å². The Morgan fingerprint density at radius 2 is 2.06 bits per heavy atom. The predicted molar refractivity (Wildman–Crippen MR) is 118 cm³/mol. The van der Waals surface area contributed by atoms with Gasteiger partial charge in [-0.1, -0.05) is 6.42 Å². The first kappa shape index (κ1) is 22.0. The summed E-state index contributed by atoms with van der Waals surface area (Å²) in [6, 6.07) is 0.0402. The van der Waals surface area contributed by atoms with Crippen LogP contribution in [0.25, 0.3) is 0 Å². The van der Waals surface area contributed by atoms with Crippen LogP contribution in [0.4, 0.5) is 9.93 Å². The number of thiazole rings is 1. The number of fused-ring (bicyclic) bond motifs is 1. The van der Waals surface area contributed by atoms with Gasteiger partial charge in [0.1, 0.15) is 5.60 Å². The monoisotopic (exact) mass is 448 g/mol. The Bertz CT molecular complexity index is 849. The smallest absolute Gasteiger partial charge is 0.407 e. The summed E-state index contributed by atoms with van der Waals surface area (Å²) in [5, 5.41) is 5.63. The standard InChI is InChI=1S/C22H32N4O4S/c1-22(2,3)30-21(29)24-17-7-4-6-14-11-25(12-16(14)17)19(28)10-15-13-31-20(23-15)26-9-5-8-18(26)27/h13-14,16-17H,4-12H2,1-3H3,(H,24,29)/t14-,16-,17-/m1/s1. The van der Waals surface area contributed by atoms with E-state index < -0.39 is 5.60 Å². The topological polar surface area (TPSA) is 91.8 Å². The van der Waals surface area contributed by atoms with Crippen LogP contribution in [0.1, 0.15) is 58.6 Å². The first-order valence-corrected chi connectivity index (χ1v) is 12.1. The second-order valence-electron chi connectivity index (χ2n) is 9.85. The summed E-state index contributed by atoms with van der Waals surface area (Å²) in [6.45, 7) is 7.67. The minimum atomic E-state index is -0.526. The SMILES string of the molecule is CC(C)(C)OC(=O)N[C@@H]1CCC[C@@H]2CN(C(=O)Cc3csc(N4CCCC4=O)n3)C[C@H]21. The molecule has 1 aromatic rings. The van der Waals surface area contributed by atoms with E-state index >= 15 is 0 Å². The Kier molecular flexibility index (Phi) is 6.23. The van der Waals surface area contributed by atoms with E-state index in [0.717, 1.165) is 37.9 Å². The molecule has 9 heteroatoms. The summed E-state index contributed by atoms with van der Waals surface area (Å²) in [4.78, 5) is 45.3. The Labute approximate surface area is 187 Å². The van der Waals surface area contributed by atoms with E-state index in [2.05, 4.69) is 10.3 Å².